The number of piperazine rings is 1. The van der Waals surface area contributed by atoms with E-state index >= 15 is 0 Å². The van der Waals surface area contributed by atoms with Gasteiger partial charge in [-0.1, -0.05) is 24.3 Å². The number of aromatic nitrogens is 5. The van der Waals surface area contributed by atoms with E-state index in [2.05, 4.69) is 76.2 Å². The average Bonchev–Trinajstić information content (AvgIpc) is 3.39. The summed E-state index contributed by atoms with van der Waals surface area (Å²) in [5.41, 5.74) is 4.53. The van der Waals surface area contributed by atoms with Crippen molar-refractivity contribution in [1.82, 2.24) is 35.0 Å². The van der Waals surface area contributed by atoms with E-state index in [9.17, 15) is 4.79 Å². The fourth-order valence-electron chi connectivity index (χ4n) is 5.34. The molecule has 0 amide bonds. The standard InChI is InChI=1S/C29H37N7O2/c1-19-10-11-20(2)25-23(19)17-24(28(37)30-25)26(27-31-32-33-36(27)29(3,4)5)35-14-12-34(13-15-35)18-21-8-7-9-22(16-21)38-6/h7-11,16-17,26H,12-15,18H2,1-6H3,(H,30,37)/t26-/m1/s1. The number of rotatable bonds is 6. The number of tetrazole rings is 1. The minimum Gasteiger partial charge on any atom is -0.497 e. The lowest BCUT2D eigenvalue weighted by Gasteiger charge is -2.39. The lowest BCUT2D eigenvalue weighted by Crippen LogP contribution is -2.49. The van der Waals surface area contributed by atoms with Gasteiger partial charge in [0.2, 0.25) is 0 Å². The van der Waals surface area contributed by atoms with Crippen LogP contribution in [0.5, 0.6) is 5.75 Å². The largest absolute Gasteiger partial charge is 0.497 e. The van der Waals surface area contributed by atoms with E-state index < -0.39 is 0 Å². The van der Waals surface area contributed by atoms with Crippen molar-refractivity contribution in [2.24, 2.45) is 0 Å². The predicted molar refractivity (Wildman–Crippen MR) is 149 cm³/mol. The number of aryl methyl sites for hydroxylation is 2. The van der Waals surface area contributed by atoms with Gasteiger partial charge in [0.05, 0.1) is 18.2 Å². The molecular formula is C29H37N7O2. The molecule has 0 radical (unpaired) electrons. The van der Waals surface area contributed by atoms with Gasteiger partial charge in [-0.25, -0.2) is 4.68 Å². The Morgan fingerprint density at radius 1 is 1.03 bits per heavy atom. The Bertz CT molecular complexity index is 1490. The van der Waals surface area contributed by atoms with E-state index in [4.69, 9.17) is 4.74 Å². The quantitative estimate of drug-likeness (QED) is 0.418. The molecule has 2 aromatic carbocycles. The van der Waals surface area contributed by atoms with Gasteiger partial charge >= 0.3 is 0 Å². The summed E-state index contributed by atoms with van der Waals surface area (Å²) in [5, 5.41) is 13.9. The van der Waals surface area contributed by atoms with Crippen LogP contribution in [0, 0.1) is 13.8 Å². The Kier molecular flexibility index (Phi) is 7.07. The number of nitrogens with one attached hydrogen (secondary N) is 1. The second kappa shape index (κ2) is 10.3. The lowest BCUT2D eigenvalue weighted by molar-refractivity contribution is 0.0975. The van der Waals surface area contributed by atoms with Gasteiger partial charge in [0.15, 0.2) is 5.82 Å². The number of H-pyrrole nitrogens is 1. The first-order chi connectivity index (χ1) is 18.2. The number of pyridine rings is 1. The molecule has 1 atom stereocenters. The Morgan fingerprint density at radius 2 is 1.76 bits per heavy atom. The first kappa shape index (κ1) is 26.1. The molecule has 200 valence electrons. The summed E-state index contributed by atoms with van der Waals surface area (Å²) in [4.78, 5) is 21.6. The Hall–Kier alpha value is -3.56. The summed E-state index contributed by atoms with van der Waals surface area (Å²) in [7, 11) is 1.69. The number of ether oxygens (including phenoxy) is 1. The molecule has 5 rings (SSSR count). The van der Waals surface area contributed by atoms with Crippen molar-refractivity contribution in [2.75, 3.05) is 33.3 Å². The van der Waals surface area contributed by atoms with E-state index in [0.717, 1.165) is 60.5 Å². The van der Waals surface area contributed by atoms with Gasteiger partial charge in [-0.2, -0.15) is 0 Å². The van der Waals surface area contributed by atoms with Gasteiger partial charge in [-0.3, -0.25) is 14.6 Å². The molecule has 0 spiro atoms. The first-order valence-corrected chi connectivity index (χ1v) is 13.2. The Labute approximate surface area is 223 Å². The highest BCUT2D eigenvalue weighted by atomic mass is 16.5. The molecule has 0 bridgehead atoms. The second-order valence-corrected chi connectivity index (χ2v) is 11.2. The SMILES string of the molecule is COc1cccc(CN2CCN([C@H](c3cc4c(C)ccc(C)c4[nH]c3=O)c3nnnn3C(C)(C)C)CC2)c1. The van der Waals surface area contributed by atoms with Crippen LogP contribution in [0.2, 0.25) is 0 Å². The molecule has 1 aliphatic rings. The number of aromatic amines is 1. The zero-order valence-corrected chi connectivity index (χ0v) is 23.2. The van der Waals surface area contributed by atoms with Gasteiger partial charge in [0.25, 0.3) is 5.56 Å². The first-order valence-electron chi connectivity index (χ1n) is 13.2. The van der Waals surface area contributed by atoms with Crippen molar-refractivity contribution >= 4 is 10.9 Å². The number of nitrogens with zero attached hydrogens (tertiary/aromatic N) is 6. The molecule has 1 N–H and O–H groups in total. The van der Waals surface area contributed by atoms with Crippen LogP contribution in [-0.2, 0) is 12.1 Å². The highest BCUT2D eigenvalue weighted by molar-refractivity contribution is 5.85. The highest BCUT2D eigenvalue weighted by Crippen LogP contribution is 2.31. The molecule has 1 saturated heterocycles. The van der Waals surface area contributed by atoms with E-state index in [1.807, 2.05) is 35.9 Å². The van der Waals surface area contributed by atoms with Crippen LogP contribution in [-0.4, -0.2) is 68.3 Å². The van der Waals surface area contributed by atoms with Crippen LogP contribution < -0.4 is 10.3 Å². The zero-order valence-electron chi connectivity index (χ0n) is 23.2. The number of hydrogen-bond acceptors (Lipinski definition) is 7. The fourth-order valence-corrected chi connectivity index (χ4v) is 5.34. The van der Waals surface area contributed by atoms with Crippen molar-refractivity contribution in [3.63, 3.8) is 0 Å². The van der Waals surface area contributed by atoms with Gasteiger partial charge < -0.3 is 9.72 Å². The van der Waals surface area contributed by atoms with Crippen LogP contribution >= 0.6 is 0 Å². The van der Waals surface area contributed by atoms with E-state index in [0.29, 0.717) is 11.4 Å². The highest BCUT2D eigenvalue weighted by Gasteiger charge is 2.35. The molecule has 3 heterocycles. The fraction of sp³-hybridized carbons (Fsp3) is 0.448. The smallest absolute Gasteiger partial charge is 0.253 e. The third-order valence-corrected chi connectivity index (χ3v) is 7.45. The van der Waals surface area contributed by atoms with Crippen molar-refractivity contribution in [3.8, 4) is 5.75 Å². The summed E-state index contributed by atoms with van der Waals surface area (Å²) in [6.45, 7) is 14.5. The molecule has 2 aromatic heterocycles. The molecule has 0 aliphatic carbocycles. The molecule has 9 nitrogen and oxygen atoms in total. The van der Waals surface area contributed by atoms with Crippen LogP contribution in [0.15, 0.2) is 47.3 Å². The van der Waals surface area contributed by atoms with Gasteiger partial charge in [0.1, 0.15) is 11.8 Å². The van der Waals surface area contributed by atoms with Crippen molar-refractivity contribution in [1.29, 1.82) is 0 Å². The van der Waals surface area contributed by atoms with Crippen molar-refractivity contribution in [3.05, 3.63) is 80.9 Å². The third kappa shape index (κ3) is 5.08. The van der Waals surface area contributed by atoms with Gasteiger partial charge in [-0.15, -0.1) is 5.10 Å². The monoisotopic (exact) mass is 515 g/mol. The van der Waals surface area contributed by atoms with Crippen LogP contribution in [0.25, 0.3) is 10.9 Å². The summed E-state index contributed by atoms with van der Waals surface area (Å²) < 4.78 is 7.25. The van der Waals surface area contributed by atoms with E-state index in [1.54, 1.807) is 7.11 Å². The Balaban J connectivity index is 1.50. The van der Waals surface area contributed by atoms with E-state index in [1.165, 1.54) is 5.56 Å². The number of fused-ring (bicyclic) bond motifs is 1. The molecular weight excluding hydrogens is 478 g/mol. The molecule has 1 aliphatic heterocycles. The van der Waals surface area contributed by atoms with E-state index in [-0.39, 0.29) is 17.1 Å². The Morgan fingerprint density at radius 3 is 2.47 bits per heavy atom. The average molecular weight is 516 g/mol. The lowest BCUT2D eigenvalue weighted by atomic mass is 9.98. The zero-order chi connectivity index (χ0) is 27.0. The van der Waals surface area contributed by atoms with Crippen molar-refractivity contribution in [2.45, 2.75) is 52.7 Å². The summed E-state index contributed by atoms with van der Waals surface area (Å²) in [5.74, 6) is 1.56. The molecule has 1 fully saturated rings. The second-order valence-electron chi connectivity index (χ2n) is 11.2. The number of benzene rings is 2. The maximum atomic E-state index is 13.6. The third-order valence-electron chi connectivity index (χ3n) is 7.45. The number of hydrogen-bond donors (Lipinski definition) is 1. The van der Waals surface area contributed by atoms with Crippen LogP contribution in [0.1, 0.15) is 54.9 Å². The summed E-state index contributed by atoms with van der Waals surface area (Å²) in [6.07, 6.45) is 0. The maximum absolute atomic E-state index is 13.6. The van der Waals surface area contributed by atoms with Crippen LogP contribution in [0.3, 0.4) is 0 Å². The minimum atomic E-state index is -0.365. The molecule has 0 unspecified atom stereocenters. The van der Waals surface area contributed by atoms with Crippen LogP contribution in [0.4, 0.5) is 0 Å². The van der Waals surface area contributed by atoms with Crippen molar-refractivity contribution < 1.29 is 4.74 Å². The van der Waals surface area contributed by atoms with Gasteiger partial charge in [0, 0.05) is 43.7 Å². The molecule has 38 heavy (non-hydrogen) atoms. The minimum absolute atomic E-state index is 0.0986. The maximum Gasteiger partial charge on any atom is 0.253 e. The molecule has 4 aromatic rings. The normalized spacial score (nSPS) is 16.2. The molecule has 0 saturated carbocycles. The summed E-state index contributed by atoms with van der Waals surface area (Å²) >= 11 is 0. The number of methoxy groups -OCH3 is 1. The predicted octanol–water partition coefficient (Wildman–Crippen LogP) is 3.80. The molecule has 9 heteroatoms. The van der Waals surface area contributed by atoms with Gasteiger partial charge in [-0.05, 0) is 79.9 Å². The summed E-state index contributed by atoms with van der Waals surface area (Å²) in [6, 6.07) is 14.1. The topological polar surface area (TPSA) is 92.2 Å².